The number of carbonyl (C=O) groups is 1. The number of carboxylic acids is 1. The molecular formula is C16H16O4. The van der Waals surface area contributed by atoms with Gasteiger partial charge in [0.25, 0.3) is 0 Å². The van der Waals surface area contributed by atoms with Gasteiger partial charge < -0.3 is 15.3 Å². The largest absolute Gasteiger partial charge is 0.478 e. The lowest BCUT2D eigenvalue weighted by molar-refractivity contribution is 0.0695. The third kappa shape index (κ3) is 3.04. The van der Waals surface area contributed by atoms with Gasteiger partial charge in [0.15, 0.2) is 0 Å². The van der Waals surface area contributed by atoms with Gasteiger partial charge in [0.05, 0.1) is 12.2 Å². The van der Waals surface area contributed by atoms with Crippen molar-refractivity contribution in [2.24, 2.45) is 0 Å². The van der Waals surface area contributed by atoms with E-state index in [0.29, 0.717) is 11.1 Å². The van der Waals surface area contributed by atoms with Gasteiger partial charge in [0.1, 0.15) is 6.10 Å². The zero-order valence-corrected chi connectivity index (χ0v) is 11.1. The van der Waals surface area contributed by atoms with Crippen molar-refractivity contribution in [1.29, 1.82) is 0 Å². The summed E-state index contributed by atoms with van der Waals surface area (Å²) < 4.78 is 0. The lowest BCUT2D eigenvalue weighted by Crippen LogP contribution is -2.05. The van der Waals surface area contributed by atoms with E-state index < -0.39 is 18.7 Å². The number of hydrogen-bond acceptors (Lipinski definition) is 3. The number of aliphatic hydroxyl groups excluding tert-OH is 2. The maximum atomic E-state index is 11.2. The molecule has 1 unspecified atom stereocenters. The Hall–Kier alpha value is -2.17. The Labute approximate surface area is 116 Å². The number of carboxylic acid groups (broad SMARTS) is 1. The SMILES string of the molecule is Cc1ccc(-c2cc(C(=O)O)cc(C(O)CO)c2)cc1. The summed E-state index contributed by atoms with van der Waals surface area (Å²) in [7, 11) is 0. The molecule has 20 heavy (non-hydrogen) atoms. The number of aliphatic hydroxyl groups is 2. The van der Waals surface area contributed by atoms with Crippen LogP contribution in [0, 0.1) is 6.92 Å². The number of aryl methyl sites for hydroxylation is 1. The highest BCUT2D eigenvalue weighted by molar-refractivity contribution is 5.90. The summed E-state index contributed by atoms with van der Waals surface area (Å²) in [5.74, 6) is -1.06. The highest BCUT2D eigenvalue weighted by atomic mass is 16.4. The topological polar surface area (TPSA) is 77.8 Å². The highest BCUT2D eigenvalue weighted by Gasteiger charge is 2.13. The summed E-state index contributed by atoms with van der Waals surface area (Å²) >= 11 is 0. The van der Waals surface area contributed by atoms with Crippen LogP contribution >= 0.6 is 0 Å². The summed E-state index contributed by atoms with van der Waals surface area (Å²) in [6, 6.07) is 12.3. The molecule has 0 aromatic heterocycles. The summed E-state index contributed by atoms with van der Waals surface area (Å²) in [5, 5.41) is 27.9. The van der Waals surface area contributed by atoms with Gasteiger partial charge in [-0.3, -0.25) is 0 Å². The Morgan fingerprint density at radius 3 is 2.30 bits per heavy atom. The molecule has 4 heteroatoms. The first-order valence-corrected chi connectivity index (χ1v) is 6.25. The molecule has 0 aliphatic carbocycles. The first-order chi connectivity index (χ1) is 9.51. The number of rotatable bonds is 4. The van der Waals surface area contributed by atoms with E-state index in [4.69, 9.17) is 10.2 Å². The molecule has 0 aliphatic heterocycles. The molecule has 104 valence electrons. The standard InChI is InChI=1S/C16H16O4/c1-10-2-4-11(5-3-10)12-6-13(15(18)9-17)8-14(7-12)16(19)20/h2-8,15,17-18H,9H2,1H3,(H,19,20). The molecule has 0 radical (unpaired) electrons. The second-order valence-corrected chi connectivity index (χ2v) is 4.71. The van der Waals surface area contributed by atoms with Gasteiger partial charge in [-0.15, -0.1) is 0 Å². The van der Waals surface area contributed by atoms with E-state index in [2.05, 4.69) is 0 Å². The third-order valence-corrected chi connectivity index (χ3v) is 3.14. The van der Waals surface area contributed by atoms with Crippen molar-refractivity contribution >= 4 is 5.97 Å². The van der Waals surface area contributed by atoms with Crippen molar-refractivity contribution in [3.63, 3.8) is 0 Å². The van der Waals surface area contributed by atoms with Crippen LogP contribution in [0.25, 0.3) is 11.1 Å². The van der Waals surface area contributed by atoms with Gasteiger partial charge in [-0.2, -0.15) is 0 Å². The molecule has 2 rings (SSSR count). The van der Waals surface area contributed by atoms with Crippen molar-refractivity contribution in [2.45, 2.75) is 13.0 Å². The van der Waals surface area contributed by atoms with Gasteiger partial charge in [0, 0.05) is 0 Å². The van der Waals surface area contributed by atoms with Crippen LogP contribution in [0.2, 0.25) is 0 Å². The normalized spacial score (nSPS) is 12.2. The minimum absolute atomic E-state index is 0.0885. The fourth-order valence-electron chi connectivity index (χ4n) is 1.99. The molecule has 0 saturated heterocycles. The Morgan fingerprint density at radius 1 is 1.10 bits per heavy atom. The van der Waals surface area contributed by atoms with E-state index in [9.17, 15) is 9.90 Å². The molecule has 1 atom stereocenters. The van der Waals surface area contributed by atoms with E-state index >= 15 is 0 Å². The molecule has 0 amide bonds. The molecule has 0 fully saturated rings. The van der Waals surface area contributed by atoms with E-state index in [1.807, 2.05) is 31.2 Å². The number of hydrogen-bond donors (Lipinski definition) is 3. The molecule has 0 saturated carbocycles. The van der Waals surface area contributed by atoms with E-state index in [-0.39, 0.29) is 5.56 Å². The van der Waals surface area contributed by atoms with Crippen molar-refractivity contribution in [3.05, 3.63) is 59.2 Å². The maximum absolute atomic E-state index is 11.2. The second kappa shape index (κ2) is 5.86. The lowest BCUT2D eigenvalue weighted by Gasteiger charge is -2.12. The van der Waals surface area contributed by atoms with Gasteiger partial charge in [-0.1, -0.05) is 29.8 Å². The summed E-state index contributed by atoms with van der Waals surface area (Å²) in [6.45, 7) is 1.52. The van der Waals surface area contributed by atoms with Crippen LogP contribution in [0.5, 0.6) is 0 Å². The average Bonchev–Trinajstić information content (AvgIpc) is 2.46. The van der Waals surface area contributed by atoms with E-state index in [1.54, 1.807) is 12.1 Å². The fraction of sp³-hybridized carbons (Fsp3) is 0.188. The quantitative estimate of drug-likeness (QED) is 0.798. The minimum Gasteiger partial charge on any atom is -0.478 e. The summed E-state index contributed by atoms with van der Waals surface area (Å²) in [6.07, 6.45) is -1.08. The van der Waals surface area contributed by atoms with Gasteiger partial charge >= 0.3 is 5.97 Å². The Kier molecular flexibility index (Phi) is 4.17. The van der Waals surface area contributed by atoms with Crippen LogP contribution in [-0.2, 0) is 0 Å². The minimum atomic E-state index is -1.08. The lowest BCUT2D eigenvalue weighted by atomic mass is 9.97. The Morgan fingerprint density at radius 2 is 1.75 bits per heavy atom. The Bertz CT molecular complexity index is 617. The Balaban J connectivity index is 2.54. The maximum Gasteiger partial charge on any atom is 0.335 e. The van der Waals surface area contributed by atoms with Crippen LogP contribution < -0.4 is 0 Å². The van der Waals surface area contributed by atoms with Crippen molar-refractivity contribution < 1.29 is 20.1 Å². The molecular weight excluding hydrogens is 256 g/mol. The van der Waals surface area contributed by atoms with Crippen LogP contribution in [-0.4, -0.2) is 27.9 Å². The second-order valence-electron chi connectivity index (χ2n) is 4.71. The number of benzene rings is 2. The van der Waals surface area contributed by atoms with Crippen molar-refractivity contribution in [3.8, 4) is 11.1 Å². The van der Waals surface area contributed by atoms with Crippen molar-refractivity contribution in [1.82, 2.24) is 0 Å². The molecule has 3 N–H and O–H groups in total. The molecule has 2 aromatic rings. The zero-order chi connectivity index (χ0) is 14.7. The number of aromatic carboxylic acids is 1. The van der Waals surface area contributed by atoms with Gasteiger partial charge in [-0.05, 0) is 41.8 Å². The fourth-order valence-corrected chi connectivity index (χ4v) is 1.99. The van der Waals surface area contributed by atoms with Crippen LogP contribution in [0.1, 0.15) is 27.6 Å². The molecule has 4 nitrogen and oxygen atoms in total. The van der Waals surface area contributed by atoms with Crippen LogP contribution in [0.15, 0.2) is 42.5 Å². The predicted octanol–water partition coefficient (Wildman–Crippen LogP) is 2.39. The monoisotopic (exact) mass is 272 g/mol. The van der Waals surface area contributed by atoms with Crippen LogP contribution in [0.3, 0.4) is 0 Å². The first kappa shape index (κ1) is 14.2. The molecule has 0 aliphatic rings. The molecule has 0 heterocycles. The van der Waals surface area contributed by atoms with E-state index in [0.717, 1.165) is 11.1 Å². The average molecular weight is 272 g/mol. The molecule has 2 aromatic carbocycles. The van der Waals surface area contributed by atoms with Gasteiger partial charge in [-0.25, -0.2) is 4.79 Å². The smallest absolute Gasteiger partial charge is 0.335 e. The van der Waals surface area contributed by atoms with E-state index in [1.165, 1.54) is 6.07 Å². The third-order valence-electron chi connectivity index (χ3n) is 3.14. The predicted molar refractivity (Wildman–Crippen MR) is 75.6 cm³/mol. The highest BCUT2D eigenvalue weighted by Crippen LogP contribution is 2.26. The summed E-state index contributed by atoms with van der Waals surface area (Å²) in [5.41, 5.74) is 3.16. The van der Waals surface area contributed by atoms with Crippen LogP contribution in [0.4, 0.5) is 0 Å². The summed E-state index contributed by atoms with van der Waals surface area (Å²) in [4.78, 5) is 11.2. The van der Waals surface area contributed by atoms with Crippen molar-refractivity contribution in [2.75, 3.05) is 6.61 Å². The van der Waals surface area contributed by atoms with Gasteiger partial charge in [0.2, 0.25) is 0 Å². The first-order valence-electron chi connectivity index (χ1n) is 6.25. The molecule has 0 bridgehead atoms. The zero-order valence-electron chi connectivity index (χ0n) is 11.1. The molecule has 0 spiro atoms.